The molecule has 2 aliphatic carbocycles. The summed E-state index contributed by atoms with van der Waals surface area (Å²) in [7, 11) is 1.81. The van der Waals surface area contributed by atoms with Crippen molar-refractivity contribution >= 4 is 12.0 Å². The molecule has 0 spiro atoms. The lowest BCUT2D eigenvalue weighted by atomic mass is 9.99. The topological polar surface area (TPSA) is 86.9 Å². The van der Waals surface area contributed by atoms with E-state index in [4.69, 9.17) is 9.47 Å². The SMILES string of the molecule is Cc1cc([C@@H](NC(=O)c2cc(Cn3ccn(C)/c3=N\C(=O)OC(C)(C)C)cc(OCC3CC3)c2)C2CC2)ccc1F. The lowest BCUT2D eigenvalue weighted by Crippen LogP contribution is -2.30. The standard InChI is InChI=1S/C32H39FN4O4/c1-20-14-24(10-11-27(20)33)28(23-8-9-23)34-29(38)25-15-22(16-26(17-25)40-19-21-6-7-21)18-37-13-12-36(5)30(37)35-31(39)41-32(2,3)4/h10-17,21,23,28H,6-9,18-19H2,1-5H3,(H,34,38)/b35-30+/t28-/m0/s1. The van der Waals surface area contributed by atoms with E-state index >= 15 is 0 Å². The summed E-state index contributed by atoms with van der Waals surface area (Å²) in [6, 6.07) is 10.4. The summed E-state index contributed by atoms with van der Waals surface area (Å²) in [5, 5.41) is 3.21. The predicted molar refractivity (Wildman–Crippen MR) is 153 cm³/mol. The van der Waals surface area contributed by atoms with Crippen LogP contribution in [0.25, 0.3) is 0 Å². The van der Waals surface area contributed by atoms with Crippen LogP contribution in [-0.2, 0) is 18.3 Å². The van der Waals surface area contributed by atoms with Crippen molar-refractivity contribution in [2.45, 2.75) is 71.6 Å². The number of carbonyl (C=O) groups excluding carboxylic acids is 2. The summed E-state index contributed by atoms with van der Waals surface area (Å²) in [6.07, 6.45) is 7.33. The molecule has 1 atom stereocenters. The van der Waals surface area contributed by atoms with Crippen molar-refractivity contribution in [3.63, 3.8) is 0 Å². The highest BCUT2D eigenvalue weighted by Crippen LogP contribution is 2.41. The van der Waals surface area contributed by atoms with E-state index in [0.29, 0.717) is 47.5 Å². The molecule has 0 aliphatic heterocycles. The van der Waals surface area contributed by atoms with E-state index in [9.17, 15) is 14.0 Å². The van der Waals surface area contributed by atoms with E-state index in [1.165, 1.54) is 6.07 Å². The number of benzene rings is 2. The van der Waals surface area contributed by atoms with Crippen LogP contribution in [0, 0.1) is 24.6 Å². The van der Waals surface area contributed by atoms with Crippen molar-refractivity contribution in [3.05, 3.63) is 82.5 Å². The molecular weight excluding hydrogens is 523 g/mol. The van der Waals surface area contributed by atoms with Gasteiger partial charge in [0, 0.05) is 25.0 Å². The van der Waals surface area contributed by atoms with Gasteiger partial charge in [-0.25, -0.2) is 9.18 Å². The zero-order chi connectivity index (χ0) is 29.3. The largest absolute Gasteiger partial charge is 0.493 e. The summed E-state index contributed by atoms with van der Waals surface area (Å²) in [5.74, 6) is 1.05. The Morgan fingerprint density at radius 1 is 1.10 bits per heavy atom. The van der Waals surface area contributed by atoms with Crippen LogP contribution in [0.2, 0.25) is 0 Å². The first-order chi connectivity index (χ1) is 19.4. The maximum Gasteiger partial charge on any atom is 0.437 e. The lowest BCUT2D eigenvalue weighted by molar-refractivity contribution is 0.0593. The van der Waals surface area contributed by atoms with Crippen LogP contribution in [0.5, 0.6) is 5.75 Å². The quantitative estimate of drug-likeness (QED) is 0.356. The van der Waals surface area contributed by atoms with Gasteiger partial charge in [-0.1, -0.05) is 12.1 Å². The van der Waals surface area contributed by atoms with E-state index in [1.54, 1.807) is 44.4 Å². The predicted octanol–water partition coefficient (Wildman–Crippen LogP) is 5.83. The Hall–Kier alpha value is -3.88. The van der Waals surface area contributed by atoms with E-state index in [1.807, 2.05) is 42.2 Å². The Labute approximate surface area is 240 Å². The van der Waals surface area contributed by atoms with Gasteiger partial charge in [0.2, 0.25) is 5.62 Å². The highest BCUT2D eigenvalue weighted by atomic mass is 19.1. The van der Waals surface area contributed by atoms with Crippen LogP contribution in [0.1, 0.15) is 79.5 Å². The maximum atomic E-state index is 13.9. The van der Waals surface area contributed by atoms with Crippen LogP contribution < -0.4 is 15.7 Å². The van der Waals surface area contributed by atoms with Gasteiger partial charge in [-0.05, 0) is 106 Å². The minimum absolute atomic E-state index is 0.191. The number of rotatable bonds is 9. The minimum Gasteiger partial charge on any atom is -0.493 e. The summed E-state index contributed by atoms with van der Waals surface area (Å²) in [5.41, 5.74) is 2.56. The van der Waals surface area contributed by atoms with Crippen LogP contribution in [0.15, 0.2) is 53.8 Å². The molecule has 1 N–H and O–H groups in total. The van der Waals surface area contributed by atoms with Crippen LogP contribution in [0.3, 0.4) is 0 Å². The molecule has 2 amide bonds. The zero-order valence-corrected chi connectivity index (χ0v) is 24.4. The number of hydrogen-bond donors (Lipinski definition) is 1. The Kier molecular flexibility index (Phi) is 8.07. The molecule has 0 saturated heterocycles. The van der Waals surface area contributed by atoms with E-state index in [2.05, 4.69) is 10.3 Å². The second-order valence-electron chi connectivity index (χ2n) is 12.3. The number of ether oxygens (including phenoxy) is 2. The molecular formula is C32H39FN4O4. The van der Waals surface area contributed by atoms with Gasteiger partial charge in [0.25, 0.3) is 5.91 Å². The molecule has 9 heteroatoms. The third kappa shape index (κ3) is 7.65. The fourth-order valence-corrected chi connectivity index (χ4v) is 4.80. The number of halogens is 1. The van der Waals surface area contributed by atoms with Crippen molar-refractivity contribution in [2.75, 3.05) is 6.61 Å². The van der Waals surface area contributed by atoms with Gasteiger partial charge in [0.15, 0.2) is 0 Å². The van der Waals surface area contributed by atoms with Crippen molar-refractivity contribution in [1.29, 1.82) is 0 Å². The molecule has 0 bridgehead atoms. The summed E-state index contributed by atoms with van der Waals surface area (Å²) < 4.78 is 29.0. The van der Waals surface area contributed by atoms with Gasteiger partial charge in [0.05, 0.1) is 19.2 Å². The molecule has 2 fully saturated rings. The Balaban J connectivity index is 1.42. The Morgan fingerprint density at radius 2 is 1.85 bits per heavy atom. The van der Waals surface area contributed by atoms with Crippen LogP contribution in [-0.4, -0.2) is 33.3 Å². The van der Waals surface area contributed by atoms with Crippen molar-refractivity contribution in [3.8, 4) is 5.75 Å². The minimum atomic E-state index is -0.670. The second-order valence-corrected chi connectivity index (χ2v) is 12.3. The molecule has 41 heavy (non-hydrogen) atoms. The van der Waals surface area contributed by atoms with E-state index in [-0.39, 0.29) is 17.8 Å². The third-order valence-corrected chi connectivity index (χ3v) is 7.31. The van der Waals surface area contributed by atoms with Crippen LogP contribution >= 0.6 is 0 Å². The summed E-state index contributed by atoms with van der Waals surface area (Å²) >= 11 is 0. The monoisotopic (exact) mass is 562 g/mol. The highest BCUT2D eigenvalue weighted by molar-refractivity contribution is 5.95. The molecule has 5 rings (SSSR count). The first kappa shape index (κ1) is 28.6. The Morgan fingerprint density at radius 3 is 2.51 bits per heavy atom. The van der Waals surface area contributed by atoms with Crippen molar-refractivity contribution < 1.29 is 23.5 Å². The number of carbonyl (C=O) groups is 2. The molecule has 2 aromatic carbocycles. The smallest absolute Gasteiger partial charge is 0.437 e. The molecule has 0 unspecified atom stereocenters. The first-order valence-corrected chi connectivity index (χ1v) is 14.3. The molecule has 2 saturated carbocycles. The first-order valence-electron chi connectivity index (χ1n) is 14.3. The van der Waals surface area contributed by atoms with E-state index in [0.717, 1.165) is 36.8 Å². The van der Waals surface area contributed by atoms with Gasteiger partial charge in [-0.3, -0.25) is 4.79 Å². The van der Waals surface area contributed by atoms with Crippen molar-refractivity contribution in [1.82, 2.24) is 14.5 Å². The number of aryl methyl sites for hydroxylation is 2. The molecule has 1 heterocycles. The molecule has 0 radical (unpaired) electrons. The third-order valence-electron chi connectivity index (χ3n) is 7.31. The molecule has 1 aromatic heterocycles. The van der Waals surface area contributed by atoms with Gasteiger partial charge in [-0.2, -0.15) is 0 Å². The summed E-state index contributed by atoms with van der Waals surface area (Å²) in [4.78, 5) is 30.3. The number of aromatic nitrogens is 2. The zero-order valence-electron chi connectivity index (χ0n) is 24.4. The number of nitrogens with zero attached hydrogens (tertiary/aromatic N) is 3. The fourth-order valence-electron chi connectivity index (χ4n) is 4.80. The average molecular weight is 563 g/mol. The van der Waals surface area contributed by atoms with Gasteiger partial charge >= 0.3 is 6.09 Å². The molecule has 2 aliphatic rings. The van der Waals surface area contributed by atoms with Crippen LogP contribution in [0.4, 0.5) is 9.18 Å². The Bertz CT molecular complexity index is 1510. The fraction of sp³-hybridized carbons (Fsp3) is 0.469. The maximum absolute atomic E-state index is 13.9. The number of imidazole rings is 1. The van der Waals surface area contributed by atoms with Crippen molar-refractivity contribution in [2.24, 2.45) is 23.9 Å². The lowest BCUT2D eigenvalue weighted by Gasteiger charge is -2.20. The van der Waals surface area contributed by atoms with E-state index < -0.39 is 11.7 Å². The molecule has 218 valence electrons. The van der Waals surface area contributed by atoms with Gasteiger partial charge in [0.1, 0.15) is 17.2 Å². The molecule has 8 nitrogen and oxygen atoms in total. The summed E-state index contributed by atoms with van der Waals surface area (Å²) in [6.45, 7) is 8.11. The molecule has 3 aromatic rings. The number of hydrogen-bond acceptors (Lipinski definition) is 4. The van der Waals surface area contributed by atoms with Gasteiger partial charge in [-0.15, -0.1) is 4.99 Å². The highest BCUT2D eigenvalue weighted by Gasteiger charge is 2.34. The normalized spacial score (nSPS) is 16.4. The number of nitrogens with one attached hydrogen (secondary N) is 1. The average Bonchev–Trinajstić information content (AvgIpc) is 3.83. The second kappa shape index (κ2) is 11.5. The van der Waals surface area contributed by atoms with Gasteiger partial charge < -0.3 is 23.9 Å². The number of amides is 2.